The summed E-state index contributed by atoms with van der Waals surface area (Å²) >= 11 is 0. The predicted molar refractivity (Wildman–Crippen MR) is 158 cm³/mol. The smallest absolute Gasteiger partial charge is 0.432 e. The Morgan fingerprint density at radius 3 is 2.23 bits per heavy atom. The summed E-state index contributed by atoms with van der Waals surface area (Å²) in [7, 11) is 1.36. The third-order valence-corrected chi connectivity index (χ3v) is 8.41. The Hall–Kier alpha value is -4.98. The number of amides is 2. The molecule has 1 aliphatic rings. The normalized spacial score (nSPS) is 17.1. The van der Waals surface area contributed by atoms with E-state index < -0.39 is 91.1 Å². The van der Waals surface area contributed by atoms with Gasteiger partial charge in [0, 0.05) is 32.1 Å². The second kappa shape index (κ2) is 14.6. The molecule has 0 spiro atoms. The van der Waals surface area contributed by atoms with Gasteiger partial charge in [-0.3, -0.25) is 14.7 Å². The zero-order valence-electron chi connectivity index (χ0n) is 26.7. The maximum Gasteiger partial charge on any atom is 0.432 e. The van der Waals surface area contributed by atoms with Crippen LogP contribution in [-0.4, -0.2) is 61.8 Å². The molecule has 5 rings (SSSR count). The van der Waals surface area contributed by atoms with Crippen LogP contribution in [0.4, 0.5) is 48.3 Å². The fourth-order valence-corrected chi connectivity index (χ4v) is 5.75. The maximum absolute atomic E-state index is 14.0. The second-order valence-electron chi connectivity index (χ2n) is 12.0. The largest absolute Gasteiger partial charge is 0.471 e. The zero-order chi connectivity index (χ0) is 38.2. The van der Waals surface area contributed by atoms with E-state index in [1.165, 1.54) is 11.6 Å². The highest BCUT2D eigenvalue weighted by atomic mass is 19.4. The molecule has 1 saturated carbocycles. The predicted octanol–water partition coefficient (Wildman–Crippen LogP) is 6.74. The first-order valence-electron chi connectivity index (χ1n) is 15.4. The Morgan fingerprint density at radius 1 is 0.942 bits per heavy atom. The minimum absolute atomic E-state index is 0.00116. The number of carbonyl (C=O) groups is 2. The van der Waals surface area contributed by atoms with Crippen molar-refractivity contribution in [3.8, 4) is 5.88 Å². The van der Waals surface area contributed by atoms with Crippen LogP contribution in [0.3, 0.4) is 0 Å². The molecule has 3 heterocycles. The standard InChI is InChI=1S/C31H28F11N7O3/c1-49-24(9-15-8-14(2-7-19(15)30(37,38)39)12-43-27(51)21-11-22(48-47-21)31(40,41)42)45-20-10-18(28(46-25(20)49)52-13-23(32)33)26(50)44-17-5-3-16(4-6-17)29(34,35)36/h2,7-8,10-11,16-17,23H,3-6,9,12-13H2,1H3,(H,43,51)(H,44,50)(H,47,48). The van der Waals surface area contributed by atoms with Crippen molar-refractivity contribution in [3.05, 3.63) is 69.8 Å². The molecular formula is C31H28F11N7O3. The summed E-state index contributed by atoms with van der Waals surface area (Å²) in [5.41, 5.74) is -3.64. The molecule has 1 aliphatic carbocycles. The van der Waals surface area contributed by atoms with Gasteiger partial charge in [0.05, 0.1) is 11.5 Å². The third kappa shape index (κ3) is 8.90. The Bertz CT molecular complexity index is 1930. The molecule has 0 atom stereocenters. The number of ether oxygens (including phenoxy) is 1. The first-order chi connectivity index (χ1) is 24.2. The van der Waals surface area contributed by atoms with Crippen LogP contribution in [0, 0.1) is 5.92 Å². The van der Waals surface area contributed by atoms with Crippen molar-refractivity contribution in [3.63, 3.8) is 0 Å². The topological polar surface area (TPSA) is 127 Å². The molecule has 0 aliphatic heterocycles. The third-order valence-electron chi connectivity index (χ3n) is 8.41. The number of aryl methyl sites for hydroxylation is 1. The summed E-state index contributed by atoms with van der Waals surface area (Å²) in [5.74, 6) is -4.04. The SMILES string of the molecule is Cn1c(Cc2cc(CNC(=O)c3cc(C(F)(F)F)[nH]n3)ccc2C(F)(F)F)nc2cc(C(=O)NC3CCC(C(F)(F)F)CC3)c(OCC(F)F)nc21. The number of alkyl halides is 11. The van der Waals surface area contributed by atoms with E-state index in [9.17, 15) is 57.9 Å². The lowest BCUT2D eigenvalue weighted by atomic mass is 9.85. The number of halogens is 11. The number of hydrogen-bond donors (Lipinski definition) is 3. The lowest BCUT2D eigenvalue weighted by Crippen LogP contribution is -2.40. The van der Waals surface area contributed by atoms with Crippen LogP contribution in [-0.2, 0) is 32.4 Å². The van der Waals surface area contributed by atoms with Gasteiger partial charge < -0.3 is 19.9 Å². The monoisotopic (exact) mass is 755 g/mol. The van der Waals surface area contributed by atoms with Gasteiger partial charge in [-0.25, -0.2) is 13.8 Å². The van der Waals surface area contributed by atoms with Crippen molar-refractivity contribution >= 4 is 23.0 Å². The second-order valence-corrected chi connectivity index (χ2v) is 12.0. The van der Waals surface area contributed by atoms with Gasteiger partial charge in [0.25, 0.3) is 18.2 Å². The van der Waals surface area contributed by atoms with E-state index >= 15 is 0 Å². The van der Waals surface area contributed by atoms with Crippen LogP contribution in [0.15, 0.2) is 30.3 Å². The van der Waals surface area contributed by atoms with Crippen LogP contribution < -0.4 is 15.4 Å². The van der Waals surface area contributed by atoms with Gasteiger partial charge >= 0.3 is 18.5 Å². The van der Waals surface area contributed by atoms with Crippen molar-refractivity contribution in [1.29, 1.82) is 0 Å². The highest BCUT2D eigenvalue weighted by Gasteiger charge is 2.42. The number of nitrogens with zero attached hydrogens (tertiary/aromatic N) is 4. The molecule has 52 heavy (non-hydrogen) atoms. The molecule has 2 amide bonds. The number of benzene rings is 1. The minimum Gasteiger partial charge on any atom is -0.471 e. The summed E-state index contributed by atoms with van der Waals surface area (Å²) in [4.78, 5) is 34.1. The average Bonchev–Trinajstić information content (AvgIpc) is 3.67. The number of aromatic amines is 1. The molecule has 0 unspecified atom stereocenters. The molecule has 3 N–H and O–H groups in total. The number of imidazole rings is 1. The molecule has 3 aromatic heterocycles. The molecule has 0 radical (unpaired) electrons. The van der Waals surface area contributed by atoms with Crippen molar-refractivity contribution in [2.45, 2.75) is 69.6 Å². The molecule has 1 aromatic carbocycles. The molecule has 21 heteroatoms. The summed E-state index contributed by atoms with van der Waals surface area (Å²) in [6.45, 7) is -1.58. The molecule has 10 nitrogen and oxygen atoms in total. The molecular weight excluding hydrogens is 727 g/mol. The van der Waals surface area contributed by atoms with Crippen LogP contribution in [0.2, 0.25) is 0 Å². The van der Waals surface area contributed by atoms with E-state index in [0.29, 0.717) is 6.07 Å². The fourth-order valence-electron chi connectivity index (χ4n) is 5.75. The highest BCUT2D eigenvalue weighted by molar-refractivity contribution is 5.99. The van der Waals surface area contributed by atoms with Gasteiger partial charge in [-0.2, -0.15) is 49.6 Å². The van der Waals surface area contributed by atoms with Crippen molar-refractivity contribution < 1.29 is 62.6 Å². The lowest BCUT2D eigenvalue weighted by molar-refractivity contribution is -0.182. The molecule has 0 bridgehead atoms. The van der Waals surface area contributed by atoms with Crippen molar-refractivity contribution in [2.24, 2.45) is 13.0 Å². The van der Waals surface area contributed by atoms with Crippen LogP contribution in [0.25, 0.3) is 11.2 Å². The van der Waals surface area contributed by atoms with Gasteiger partial charge in [0.2, 0.25) is 5.88 Å². The quantitative estimate of drug-likeness (QED) is 0.154. The number of aromatic nitrogens is 5. The minimum atomic E-state index is -4.86. The highest BCUT2D eigenvalue weighted by Crippen LogP contribution is 2.38. The van der Waals surface area contributed by atoms with Crippen molar-refractivity contribution in [2.75, 3.05) is 6.61 Å². The summed E-state index contributed by atoms with van der Waals surface area (Å²) in [5, 5.41) is 9.83. The van der Waals surface area contributed by atoms with Crippen LogP contribution in [0.1, 0.15) is 74.7 Å². The summed E-state index contributed by atoms with van der Waals surface area (Å²) < 4.78 is 152. The zero-order valence-corrected chi connectivity index (χ0v) is 26.7. The van der Waals surface area contributed by atoms with Gasteiger partial charge in [0.15, 0.2) is 17.9 Å². The number of carbonyl (C=O) groups excluding carboxylic acids is 2. The Labute approximate surface area is 286 Å². The Balaban J connectivity index is 1.40. The number of pyridine rings is 1. The van der Waals surface area contributed by atoms with Gasteiger partial charge in [0.1, 0.15) is 22.6 Å². The number of H-pyrrole nitrogens is 1. The Morgan fingerprint density at radius 2 is 1.63 bits per heavy atom. The van der Waals surface area contributed by atoms with Crippen LogP contribution in [0.5, 0.6) is 5.88 Å². The van der Waals surface area contributed by atoms with E-state index in [1.54, 1.807) is 5.10 Å². The number of nitrogens with one attached hydrogen (secondary N) is 3. The van der Waals surface area contributed by atoms with Gasteiger partial charge in [-0.1, -0.05) is 12.1 Å². The number of rotatable bonds is 10. The molecule has 1 fully saturated rings. The van der Waals surface area contributed by atoms with Crippen molar-refractivity contribution in [1.82, 2.24) is 35.4 Å². The van der Waals surface area contributed by atoms with Gasteiger partial charge in [-0.15, -0.1) is 0 Å². The van der Waals surface area contributed by atoms with E-state index in [-0.39, 0.29) is 59.4 Å². The number of fused-ring (bicyclic) bond motifs is 1. The molecule has 4 aromatic rings. The average molecular weight is 756 g/mol. The lowest BCUT2D eigenvalue weighted by Gasteiger charge is -2.30. The summed E-state index contributed by atoms with van der Waals surface area (Å²) in [6, 6.07) is 3.83. The summed E-state index contributed by atoms with van der Waals surface area (Å²) in [6.07, 6.45) is -18.0. The number of hydrogen-bond acceptors (Lipinski definition) is 6. The van der Waals surface area contributed by atoms with E-state index in [2.05, 4.69) is 25.7 Å². The molecule has 0 saturated heterocycles. The fraction of sp³-hybridized carbons (Fsp3) is 0.452. The van der Waals surface area contributed by atoms with Gasteiger partial charge in [-0.05, 0) is 48.9 Å². The van der Waals surface area contributed by atoms with E-state index in [4.69, 9.17) is 4.74 Å². The van der Waals surface area contributed by atoms with E-state index in [0.717, 1.165) is 24.3 Å². The maximum atomic E-state index is 14.0. The first kappa shape index (κ1) is 38.3. The molecule has 282 valence electrons. The Kier molecular flexibility index (Phi) is 10.7. The van der Waals surface area contributed by atoms with Crippen LogP contribution >= 0.6 is 0 Å². The first-order valence-corrected chi connectivity index (χ1v) is 15.4. The van der Waals surface area contributed by atoms with E-state index in [1.807, 2.05) is 0 Å².